The summed E-state index contributed by atoms with van der Waals surface area (Å²) in [7, 11) is -3.72. The third-order valence-electron chi connectivity index (χ3n) is 4.65. The third-order valence-corrected chi connectivity index (χ3v) is 6.05. The minimum Gasteiger partial charge on any atom is -0.351 e. The van der Waals surface area contributed by atoms with Crippen molar-refractivity contribution in [3.05, 3.63) is 102 Å². The Bertz CT molecular complexity index is 1050. The highest BCUT2D eigenvalue weighted by atomic mass is 32.2. The van der Waals surface area contributed by atoms with Crippen LogP contribution >= 0.6 is 0 Å². The molecule has 0 bridgehead atoms. The maximum Gasteiger partial charge on any atom is 0.251 e. The van der Waals surface area contributed by atoms with Crippen LogP contribution in [0.5, 0.6) is 0 Å². The second-order valence-electron chi connectivity index (χ2n) is 6.86. The molecule has 1 atom stereocenters. The van der Waals surface area contributed by atoms with Crippen LogP contribution in [0.4, 0.5) is 0 Å². The van der Waals surface area contributed by atoms with Crippen molar-refractivity contribution in [2.75, 3.05) is 6.54 Å². The fourth-order valence-electron chi connectivity index (χ4n) is 2.91. The van der Waals surface area contributed by atoms with Gasteiger partial charge in [0.15, 0.2) is 0 Å². The van der Waals surface area contributed by atoms with Crippen LogP contribution < -0.4 is 10.0 Å². The lowest BCUT2D eigenvalue weighted by molar-refractivity contribution is 0.0951. The fourth-order valence-corrected chi connectivity index (χ4v) is 3.97. The molecule has 0 aliphatic rings. The molecule has 0 aromatic heterocycles. The summed E-state index contributed by atoms with van der Waals surface area (Å²) in [5.74, 6) is -0.146. The van der Waals surface area contributed by atoms with Crippen LogP contribution in [0.25, 0.3) is 0 Å². The number of carbonyl (C=O) groups excluding carboxylic acids is 1. The van der Waals surface area contributed by atoms with Gasteiger partial charge in [0, 0.05) is 18.7 Å². The summed E-state index contributed by atoms with van der Waals surface area (Å²) in [6.45, 7) is 2.68. The first-order valence-electron chi connectivity index (χ1n) is 9.42. The molecule has 1 amide bonds. The molecule has 150 valence electrons. The average molecular weight is 409 g/mol. The largest absolute Gasteiger partial charge is 0.351 e. The molecule has 0 saturated heterocycles. The number of amides is 1. The predicted octanol–water partition coefficient (Wildman–Crippen LogP) is 3.70. The smallest absolute Gasteiger partial charge is 0.251 e. The van der Waals surface area contributed by atoms with Gasteiger partial charge >= 0.3 is 0 Å². The van der Waals surface area contributed by atoms with E-state index < -0.39 is 10.0 Å². The van der Waals surface area contributed by atoms with E-state index in [4.69, 9.17) is 0 Å². The van der Waals surface area contributed by atoms with E-state index in [1.54, 1.807) is 12.1 Å². The van der Waals surface area contributed by atoms with Gasteiger partial charge in [0.05, 0.1) is 4.90 Å². The molecule has 2 N–H and O–H groups in total. The zero-order valence-corrected chi connectivity index (χ0v) is 17.0. The molecular weight excluding hydrogens is 384 g/mol. The molecule has 29 heavy (non-hydrogen) atoms. The van der Waals surface area contributed by atoms with Crippen LogP contribution in [0.3, 0.4) is 0 Å². The van der Waals surface area contributed by atoms with E-state index in [9.17, 15) is 13.2 Å². The Labute approximate surface area is 171 Å². The van der Waals surface area contributed by atoms with Gasteiger partial charge in [-0.1, -0.05) is 73.7 Å². The van der Waals surface area contributed by atoms with Gasteiger partial charge in [-0.3, -0.25) is 4.79 Å². The van der Waals surface area contributed by atoms with E-state index in [0.717, 1.165) is 11.1 Å². The van der Waals surface area contributed by atoms with Gasteiger partial charge in [0.1, 0.15) is 0 Å². The molecular formula is C23H24N2O3S. The summed E-state index contributed by atoms with van der Waals surface area (Å²) >= 11 is 0. The third kappa shape index (κ3) is 5.76. The fraction of sp³-hybridized carbons (Fsp3) is 0.174. The molecule has 3 aromatic carbocycles. The monoisotopic (exact) mass is 408 g/mol. The molecule has 3 rings (SSSR count). The molecule has 0 spiro atoms. The molecule has 0 aliphatic carbocycles. The molecule has 0 unspecified atom stereocenters. The maximum atomic E-state index is 12.6. The number of rotatable bonds is 8. The van der Waals surface area contributed by atoms with Gasteiger partial charge < -0.3 is 5.32 Å². The number of hydrogen-bond donors (Lipinski definition) is 2. The second kappa shape index (κ2) is 9.49. The first-order valence-corrected chi connectivity index (χ1v) is 10.9. The van der Waals surface area contributed by atoms with E-state index in [-0.39, 0.29) is 23.3 Å². The van der Waals surface area contributed by atoms with Crippen LogP contribution in [-0.2, 0) is 16.6 Å². The zero-order valence-electron chi connectivity index (χ0n) is 16.2. The summed E-state index contributed by atoms with van der Waals surface area (Å²) in [5.41, 5.74) is 2.31. The summed E-state index contributed by atoms with van der Waals surface area (Å²) < 4.78 is 27.7. The summed E-state index contributed by atoms with van der Waals surface area (Å²) in [5, 5.41) is 2.88. The Hall–Kier alpha value is -2.96. The molecule has 0 saturated carbocycles. The average Bonchev–Trinajstić information content (AvgIpc) is 2.77. The standard InChI is InChI=1S/C23H24N2O3S/c1-18(20-11-6-3-7-12-20)16-24-23(26)21-13-8-14-22(15-21)29(27,28)25-17-19-9-4-2-5-10-19/h2-15,18,25H,16-17H2,1H3,(H,24,26)/t18-/m1/s1. The van der Waals surface area contributed by atoms with E-state index in [2.05, 4.69) is 10.0 Å². The van der Waals surface area contributed by atoms with Gasteiger partial charge in [-0.15, -0.1) is 0 Å². The van der Waals surface area contributed by atoms with Crippen LogP contribution in [0.2, 0.25) is 0 Å². The molecule has 0 radical (unpaired) electrons. The van der Waals surface area contributed by atoms with Crippen molar-refractivity contribution < 1.29 is 13.2 Å². The highest BCUT2D eigenvalue weighted by Crippen LogP contribution is 2.15. The maximum absolute atomic E-state index is 12.6. The normalized spacial score (nSPS) is 12.3. The van der Waals surface area contributed by atoms with E-state index in [1.165, 1.54) is 12.1 Å². The lowest BCUT2D eigenvalue weighted by atomic mass is 10.0. The molecule has 3 aromatic rings. The van der Waals surface area contributed by atoms with Crippen LogP contribution in [0, 0.1) is 0 Å². The molecule has 0 heterocycles. The van der Waals surface area contributed by atoms with Gasteiger partial charge in [0.2, 0.25) is 10.0 Å². The summed E-state index contributed by atoms with van der Waals surface area (Å²) in [6, 6.07) is 25.2. The van der Waals surface area contributed by atoms with Crippen molar-refractivity contribution in [3.8, 4) is 0 Å². The Balaban J connectivity index is 1.64. The minimum atomic E-state index is -3.72. The van der Waals surface area contributed by atoms with Crippen molar-refractivity contribution in [2.24, 2.45) is 0 Å². The van der Waals surface area contributed by atoms with E-state index in [1.807, 2.05) is 67.6 Å². The SMILES string of the molecule is C[C@H](CNC(=O)c1cccc(S(=O)(=O)NCc2ccccc2)c1)c1ccccc1. The Morgan fingerprint density at radius 1 is 0.897 bits per heavy atom. The summed E-state index contributed by atoms with van der Waals surface area (Å²) in [6.07, 6.45) is 0. The van der Waals surface area contributed by atoms with Crippen molar-refractivity contribution in [2.45, 2.75) is 24.3 Å². The molecule has 5 nitrogen and oxygen atoms in total. The van der Waals surface area contributed by atoms with E-state index >= 15 is 0 Å². The van der Waals surface area contributed by atoms with E-state index in [0.29, 0.717) is 12.1 Å². The van der Waals surface area contributed by atoms with Crippen LogP contribution in [0.15, 0.2) is 89.8 Å². The van der Waals surface area contributed by atoms with Gasteiger partial charge in [-0.2, -0.15) is 0 Å². The van der Waals surface area contributed by atoms with Crippen LogP contribution in [-0.4, -0.2) is 20.9 Å². The number of benzene rings is 3. The number of carbonyl (C=O) groups is 1. The number of sulfonamides is 1. The Kier molecular flexibility index (Phi) is 6.80. The molecule has 6 heteroatoms. The number of nitrogens with one attached hydrogen (secondary N) is 2. The molecule has 0 fully saturated rings. The first-order chi connectivity index (χ1) is 14.0. The van der Waals surface area contributed by atoms with Crippen molar-refractivity contribution in [1.29, 1.82) is 0 Å². The molecule has 0 aliphatic heterocycles. The van der Waals surface area contributed by atoms with Gasteiger partial charge in [-0.25, -0.2) is 13.1 Å². The Morgan fingerprint density at radius 3 is 2.24 bits per heavy atom. The highest BCUT2D eigenvalue weighted by molar-refractivity contribution is 7.89. The second-order valence-corrected chi connectivity index (χ2v) is 8.63. The predicted molar refractivity (Wildman–Crippen MR) is 114 cm³/mol. The van der Waals surface area contributed by atoms with Crippen molar-refractivity contribution in [1.82, 2.24) is 10.0 Å². The lowest BCUT2D eigenvalue weighted by Gasteiger charge is -2.13. The lowest BCUT2D eigenvalue weighted by Crippen LogP contribution is -2.28. The van der Waals surface area contributed by atoms with Crippen LogP contribution in [0.1, 0.15) is 34.3 Å². The summed E-state index contributed by atoms with van der Waals surface area (Å²) in [4.78, 5) is 12.6. The first kappa shape index (κ1) is 20.8. The van der Waals surface area contributed by atoms with Gasteiger partial charge in [-0.05, 0) is 35.2 Å². The van der Waals surface area contributed by atoms with Gasteiger partial charge in [0.25, 0.3) is 5.91 Å². The Morgan fingerprint density at radius 2 is 1.55 bits per heavy atom. The van der Waals surface area contributed by atoms with Crippen molar-refractivity contribution >= 4 is 15.9 Å². The van der Waals surface area contributed by atoms with Crippen molar-refractivity contribution in [3.63, 3.8) is 0 Å². The number of hydrogen-bond acceptors (Lipinski definition) is 3. The zero-order chi connectivity index (χ0) is 20.7. The topological polar surface area (TPSA) is 75.3 Å². The minimum absolute atomic E-state index is 0.0668. The quantitative estimate of drug-likeness (QED) is 0.597. The highest BCUT2D eigenvalue weighted by Gasteiger charge is 2.16.